The highest BCUT2D eigenvalue weighted by Crippen LogP contribution is 2.67. The number of rotatable bonds is 13. The Hall–Kier alpha value is -3.34. The number of anilines is 1. The highest BCUT2D eigenvalue weighted by atomic mass is 16.7. The van der Waals surface area contributed by atoms with E-state index in [0.717, 1.165) is 43.5 Å². The summed E-state index contributed by atoms with van der Waals surface area (Å²) in [6.45, 7) is 6.65. The van der Waals surface area contributed by atoms with Crippen molar-refractivity contribution in [3.8, 4) is 0 Å². The summed E-state index contributed by atoms with van der Waals surface area (Å²) in [4.78, 5) is 45.4. The number of oxime groups is 1. The van der Waals surface area contributed by atoms with Gasteiger partial charge in [-0.2, -0.15) is 0 Å². The highest BCUT2D eigenvalue weighted by molar-refractivity contribution is 5.98. The maximum Gasteiger partial charge on any atom is 0.360 e. The summed E-state index contributed by atoms with van der Waals surface area (Å²) >= 11 is 0. The SMILES string of the molecule is COCCOCCOCC(=O)O/N=C1\C=C2CCC3C(=C2CC1)C(c1ccc(N(C)C)cc1)CC1(C)C3CCC1(OC(C)=O)C(C)=O. The molecule has 1 aromatic rings. The molecule has 10 nitrogen and oxygen atoms in total. The standard InChI is InChI=1S/C37H50N2O8/c1-24(40)37(46-25(2)41)16-15-33-31-13-9-27-21-28(38-47-34(42)23-45-20-19-44-18-17-43-6)10-14-30(27)35(31)32(22-36(33,37)3)26-7-11-29(12-8-26)39(4)5/h7-8,11-12,21,31-33H,9-10,13-20,22-23H2,1-6H3/b38-28-. The number of carbonyl (C=O) groups is 3. The first-order valence-corrected chi connectivity index (χ1v) is 16.8. The van der Waals surface area contributed by atoms with Crippen molar-refractivity contribution < 1.29 is 38.2 Å². The lowest BCUT2D eigenvalue weighted by Crippen LogP contribution is -2.57. The van der Waals surface area contributed by atoms with Crippen LogP contribution in [0.25, 0.3) is 0 Å². The number of ether oxygens (including phenoxy) is 4. The van der Waals surface area contributed by atoms with Crippen LogP contribution in [0.2, 0.25) is 0 Å². The zero-order valence-corrected chi connectivity index (χ0v) is 28.8. The van der Waals surface area contributed by atoms with Gasteiger partial charge in [0.25, 0.3) is 0 Å². The molecule has 0 heterocycles. The fourth-order valence-electron chi connectivity index (χ4n) is 8.75. The first kappa shape index (κ1) is 35.0. The summed E-state index contributed by atoms with van der Waals surface area (Å²) in [5.74, 6) is -0.408. The molecule has 0 radical (unpaired) electrons. The van der Waals surface area contributed by atoms with Gasteiger partial charge in [0.2, 0.25) is 0 Å². The predicted octanol–water partition coefficient (Wildman–Crippen LogP) is 5.55. The van der Waals surface area contributed by atoms with Crippen molar-refractivity contribution in [2.45, 2.75) is 77.2 Å². The van der Waals surface area contributed by atoms with Crippen LogP contribution >= 0.6 is 0 Å². The molecule has 0 spiro atoms. The van der Waals surface area contributed by atoms with Crippen LogP contribution in [0.15, 0.2) is 52.2 Å². The second-order valence-corrected chi connectivity index (χ2v) is 13.7. The van der Waals surface area contributed by atoms with Crippen molar-refractivity contribution >= 4 is 29.1 Å². The molecule has 5 rings (SSSR count). The molecule has 5 unspecified atom stereocenters. The number of methoxy groups -OCH3 is 1. The van der Waals surface area contributed by atoms with Gasteiger partial charge in [-0.05, 0) is 98.6 Å². The van der Waals surface area contributed by atoms with Crippen LogP contribution in [0.1, 0.15) is 77.2 Å². The fourth-order valence-corrected chi connectivity index (χ4v) is 8.75. The maximum absolute atomic E-state index is 13.4. The van der Waals surface area contributed by atoms with Crippen LogP contribution in [0, 0.1) is 17.3 Å². The highest BCUT2D eigenvalue weighted by Gasteiger charge is 2.67. The lowest BCUT2D eigenvalue weighted by molar-refractivity contribution is -0.182. The number of hydrogen-bond donors (Lipinski definition) is 0. The molecule has 0 aromatic heterocycles. The Labute approximate surface area is 278 Å². The number of fused-ring (bicyclic) bond motifs is 4. The van der Waals surface area contributed by atoms with Gasteiger partial charge in [-0.15, -0.1) is 0 Å². The molecule has 1 aromatic carbocycles. The lowest BCUT2D eigenvalue weighted by atomic mass is 9.50. The molecule has 10 heteroatoms. The van der Waals surface area contributed by atoms with Gasteiger partial charge in [-0.25, -0.2) is 4.79 Å². The average molecular weight is 651 g/mol. The number of nitrogens with zero attached hydrogens (tertiary/aromatic N) is 2. The van der Waals surface area contributed by atoms with Crippen molar-refractivity contribution in [1.82, 2.24) is 0 Å². The number of carbonyl (C=O) groups excluding carboxylic acids is 3. The fraction of sp³-hybridized carbons (Fsp3) is 0.622. The van der Waals surface area contributed by atoms with Gasteiger partial charge in [-0.3, -0.25) is 9.59 Å². The van der Waals surface area contributed by atoms with E-state index in [1.54, 1.807) is 14.0 Å². The Morgan fingerprint density at radius 2 is 1.68 bits per heavy atom. The molecule has 256 valence electrons. The maximum atomic E-state index is 13.4. The molecule has 0 amide bonds. The van der Waals surface area contributed by atoms with Crippen LogP contribution in [0.5, 0.6) is 0 Å². The summed E-state index contributed by atoms with van der Waals surface area (Å²) < 4.78 is 21.7. The van der Waals surface area contributed by atoms with Gasteiger partial charge in [0.15, 0.2) is 11.4 Å². The van der Waals surface area contributed by atoms with E-state index < -0.39 is 23.0 Å². The van der Waals surface area contributed by atoms with Crippen molar-refractivity contribution in [3.05, 3.63) is 52.6 Å². The summed E-state index contributed by atoms with van der Waals surface area (Å²) in [5, 5.41) is 4.20. The molecule has 47 heavy (non-hydrogen) atoms. The van der Waals surface area contributed by atoms with E-state index >= 15 is 0 Å². The van der Waals surface area contributed by atoms with Gasteiger partial charge in [0, 0.05) is 45.1 Å². The third kappa shape index (κ3) is 7.10. The molecule has 0 aliphatic heterocycles. The summed E-state index contributed by atoms with van der Waals surface area (Å²) in [7, 11) is 5.68. The van der Waals surface area contributed by atoms with Gasteiger partial charge >= 0.3 is 11.9 Å². The van der Waals surface area contributed by atoms with Crippen LogP contribution in [-0.2, 0) is 38.2 Å². The smallest absolute Gasteiger partial charge is 0.360 e. The summed E-state index contributed by atoms with van der Waals surface area (Å²) in [6, 6.07) is 8.73. The number of hydrogen-bond acceptors (Lipinski definition) is 10. The van der Waals surface area contributed by atoms with Crippen LogP contribution in [-0.4, -0.2) is 83.3 Å². The molecular weight excluding hydrogens is 600 g/mol. The normalized spacial score (nSPS) is 29.0. The molecule has 5 atom stereocenters. The lowest BCUT2D eigenvalue weighted by Gasteiger charge is -2.55. The van der Waals surface area contributed by atoms with Crippen molar-refractivity contribution in [3.63, 3.8) is 0 Å². The number of benzene rings is 1. The van der Waals surface area contributed by atoms with E-state index in [0.29, 0.717) is 32.7 Å². The van der Waals surface area contributed by atoms with E-state index in [2.05, 4.69) is 47.3 Å². The van der Waals surface area contributed by atoms with E-state index in [-0.39, 0.29) is 36.8 Å². The average Bonchev–Trinajstić information content (AvgIpc) is 3.34. The number of esters is 1. The van der Waals surface area contributed by atoms with Crippen LogP contribution in [0.4, 0.5) is 5.69 Å². The summed E-state index contributed by atoms with van der Waals surface area (Å²) in [5.41, 5.74) is 5.57. The molecule has 2 saturated carbocycles. The minimum absolute atomic E-state index is 0.0548. The van der Waals surface area contributed by atoms with Crippen molar-refractivity contribution in [2.75, 3.05) is 59.1 Å². The molecule has 4 aliphatic carbocycles. The zero-order valence-electron chi connectivity index (χ0n) is 28.8. The second-order valence-electron chi connectivity index (χ2n) is 13.7. The van der Waals surface area contributed by atoms with E-state index in [1.807, 2.05) is 14.1 Å². The van der Waals surface area contributed by atoms with E-state index in [9.17, 15) is 14.4 Å². The van der Waals surface area contributed by atoms with Crippen LogP contribution in [0.3, 0.4) is 0 Å². The Morgan fingerprint density at radius 3 is 2.36 bits per heavy atom. The zero-order chi connectivity index (χ0) is 33.8. The Kier molecular flexibility index (Phi) is 11.0. The monoisotopic (exact) mass is 650 g/mol. The number of ketones is 1. The molecule has 0 saturated heterocycles. The topological polar surface area (TPSA) is 113 Å². The Balaban J connectivity index is 1.41. The predicted molar refractivity (Wildman–Crippen MR) is 178 cm³/mol. The number of Topliss-reactive ketones (excluding diaryl/α,β-unsaturated/α-hetero) is 1. The quantitative estimate of drug-likeness (QED) is 0.117. The third-order valence-corrected chi connectivity index (χ3v) is 10.9. The number of allylic oxidation sites excluding steroid dienone is 4. The third-order valence-electron chi connectivity index (χ3n) is 10.9. The minimum Gasteiger partial charge on any atom is -0.451 e. The summed E-state index contributed by atoms with van der Waals surface area (Å²) in [6.07, 6.45) is 7.51. The van der Waals surface area contributed by atoms with Crippen molar-refractivity contribution in [2.24, 2.45) is 22.4 Å². The van der Waals surface area contributed by atoms with E-state index in [4.69, 9.17) is 23.8 Å². The van der Waals surface area contributed by atoms with Crippen molar-refractivity contribution in [1.29, 1.82) is 0 Å². The van der Waals surface area contributed by atoms with Gasteiger partial charge < -0.3 is 28.7 Å². The Bertz CT molecular complexity index is 1430. The molecule has 0 N–H and O–H groups in total. The minimum atomic E-state index is -1.12. The first-order valence-electron chi connectivity index (χ1n) is 16.8. The van der Waals surface area contributed by atoms with Crippen LogP contribution < -0.4 is 4.90 Å². The first-order chi connectivity index (χ1) is 22.5. The van der Waals surface area contributed by atoms with E-state index in [1.165, 1.54) is 29.2 Å². The van der Waals surface area contributed by atoms with Gasteiger partial charge in [-0.1, -0.05) is 29.8 Å². The Morgan fingerprint density at radius 1 is 0.957 bits per heavy atom. The molecular formula is C37H50N2O8. The van der Waals surface area contributed by atoms with Gasteiger partial charge in [0.1, 0.15) is 6.61 Å². The molecule has 2 fully saturated rings. The second kappa shape index (κ2) is 14.8. The molecule has 0 bridgehead atoms. The largest absolute Gasteiger partial charge is 0.451 e. The molecule has 4 aliphatic rings. The van der Waals surface area contributed by atoms with Gasteiger partial charge in [0.05, 0.1) is 32.1 Å².